The molecule has 2 rings (SSSR count). The fourth-order valence-electron chi connectivity index (χ4n) is 1.76. The predicted molar refractivity (Wildman–Crippen MR) is 72.7 cm³/mol. The van der Waals surface area contributed by atoms with E-state index in [4.69, 9.17) is 5.11 Å². The highest BCUT2D eigenvalue weighted by molar-refractivity contribution is 7.99. The molecule has 0 saturated heterocycles. The zero-order valence-corrected chi connectivity index (χ0v) is 11.6. The number of aromatic nitrogens is 2. The van der Waals surface area contributed by atoms with Crippen LogP contribution in [0.1, 0.15) is 22.5 Å². The quantitative estimate of drug-likeness (QED) is 0.862. The third-order valence-electron chi connectivity index (χ3n) is 2.58. The monoisotopic (exact) mass is 260 g/mol. The summed E-state index contributed by atoms with van der Waals surface area (Å²) in [4.78, 5) is 9.95. The van der Waals surface area contributed by atoms with Crippen molar-refractivity contribution in [2.45, 2.75) is 37.4 Å². The molecule has 0 fully saturated rings. The van der Waals surface area contributed by atoms with Gasteiger partial charge in [-0.1, -0.05) is 12.1 Å². The van der Waals surface area contributed by atoms with Gasteiger partial charge in [0, 0.05) is 16.3 Å². The molecule has 0 unspecified atom stereocenters. The third kappa shape index (κ3) is 3.09. The van der Waals surface area contributed by atoms with Crippen LogP contribution in [0.3, 0.4) is 0 Å². The Hall–Kier alpha value is -1.39. The molecule has 0 aliphatic heterocycles. The summed E-state index contributed by atoms with van der Waals surface area (Å²) in [5, 5.41) is 9.85. The third-order valence-corrected chi connectivity index (χ3v) is 3.63. The van der Waals surface area contributed by atoms with E-state index in [0.717, 1.165) is 32.6 Å². The number of rotatable bonds is 3. The summed E-state index contributed by atoms with van der Waals surface area (Å²) in [6, 6.07) is 7.89. The van der Waals surface area contributed by atoms with Crippen molar-refractivity contribution >= 4 is 11.8 Å². The van der Waals surface area contributed by atoms with E-state index in [1.165, 1.54) is 0 Å². The Bertz CT molecular complexity index is 549. The molecular weight excluding hydrogens is 244 g/mol. The zero-order valence-electron chi connectivity index (χ0n) is 10.8. The van der Waals surface area contributed by atoms with E-state index in [2.05, 4.69) is 9.97 Å². The van der Waals surface area contributed by atoms with Gasteiger partial charge in [-0.25, -0.2) is 9.97 Å². The summed E-state index contributed by atoms with van der Waals surface area (Å²) in [5.74, 6) is 0. The first kappa shape index (κ1) is 13.1. The van der Waals surface area contributed by atoms with Gasteiger partial charge in [0.1, 0.15) is 0 Å². The summed E-state index contributed by atoms with van der Waals surface area (Å²) in [6.07, 6.45) is 0. The molecule has 1 aromatic heterocycles. The first-order valence-corrected chi connectivity index (χ1v) is 6.60. The Balaban J connectivity index is 2.28. The Morgan fingerprint density at radius 3 is 2.28 bits per heavy atom. The molecule has 2 aromatic rings. The Morgan fingerprint density at radius 1 is 1.06 bits per heavy atom. The number of aryl methyl sites for hydroxylation is 3. The van der Waals surface area contributed by atoms with Crippen LogP contribution in [0.4, 0.5) is 0 Å². The van der Waals surface area contributed by atoms with Gasteiger partial charge in [-0.2, -0.15) is 0 Å². The lowest BCUT2D eigenvalue weighted by Crippen LogP contribution is -1.93. The molecule has 0 amide bonds. The molecule has 0 spiro atoms. The predicted octanol–water partition coefficient (Wildman–Crippen LogP) is 3.05. The van der Waals surface area contributed by atoms with Crippen LogP contribution in [0.5, 0.6) is 0 Å². The molecule has 0 atom stereocenters. The lowest BCUT2D eigenvalue weighted by Gasteiger charge is -2.07. The van der Waals surface area contributed by atoms with Crippen molar-refractivity contribution in [2.24, 2.45) is 0 Å². The molecule has 1 N–H and O–H groups in total. The normalized spacial score (nSPS) is 10.7. The van der Waals surface area contributed by atoms with E-state index in [0.29, 0.717) is 0 Å². The number of benzene rings is 1. The van der Waals surface area contributed by atoms with Crippen LogP contribution in [0, 0.1) is 20.8 Å². The number of hydrogen-bond donors (Lipinski definition) is 1. The van der Waals surface area contributed by atoms with E-state index >= 15 is 0 Å². The molecule has 18 heavy (non-hydrogen) atoms. The molecular formula is C14H16N2OS. The Kier molecular flexibility index (Phi) is 3.99. The molecule has 1 heterocycles. The van der Waals surface area contributed by atoms with Gasteiger partial charge in [0.15, 0.2) is 5.16 Å². The molecule has 3 nitrogen and oxygen atoms in total. The second kappa shape index (κ2) is 5.50. The Morgan fingerprint density at radius 2 is 1.72 bits per heavy atom. The molecule has 4 heteroatoms. The summed E-state index contributed by atoms with van der Waals surface area (Å²) in [7, 11) is 0. The fraction of sp³-hybridized carbons (Fsp3) is 0.286. The summed E-state index contributed by atoms with van der Waals surface area (Å²) >= 11 is 1.56. The number of aliphatic hydroxyl groups excluding tert-OH is 1. The van der Waals surface area contributed by atoms with Crippen molar-refractivity contribution in [1.29, 1.82) is 0 Å². The van der Waals surface area contributed by atoms with Crippen molar-refractivity contribution < 1.29 is 5.11 Å². The highest BCUT2D eigenvalue weighted by Gasteiger charge is 2.06. The highest BCUT2D eigenvalue weighted by atomic mass is 32.2. The summed E-state index contributed by atoms with van der Waals surface area (Å²) in [5.41, 5.74) is 4.02. The van der Waals surface area contributed by atoms with Crippen LogP contribution in [0.25, 0.3) is 0 Å². The SMILES string of the molecule is Cc1cc(C)nc(Sc2ccc(CO)cc2C)n1. The van der Waals surface area contributed by atoms with Gasteiger partial charge >= 0.3 is 0 Å². The van der Waals surface area contributed by atoms with Crippen molar-refractivity contribution in [3.05, 3.63) is 46.8 Å². The minimum absolute atomic E-state index is 0.0752. The van der Waals surface area contributed by atoms with Crippen molar-refractivity contribution in [2.75, 3.05) is 0 Å². The van der Waals surface area contributed by atoms with Crippen LogP contribution >= 0.6 is 11.8 Å². The van der Waals surface area contributed by atoms with Gasteiger partial charge in [-0.15, -0.1) is 0 Å². The van der Waals surface area contributed by atoms with E-state index in [-0.39, 0.29) is 6.61 Å². The largest absolute Gasteiger partial charge is 0.392 e. The Labute approximate surface area is 111 Å². The molecule has 0 aliphatic carbocycles. The summed E-state index contributed by atoms with van der Waals surface area (Å²) in [6.45, 7) is 6.05. The number of hydrogen-bond acceptors (Lipinski definition) is 4. The van der Waals surface area contributed by atoms with E-state index in [1.54, 1.807) is 11.8 Å². The van der Waals surface area contributed by atoms with E-state index in [1.807, 2.05) is 45.0 Å². The maximum absolute atomic E-state index is 9.08. The minimum Gasteiger partial charge on any atom is -0.392 e. The standard InChI is InChI=1S/C14H16N2OS/c1-9-6-12(8-17)4-5-13(9)18-14-15-10(2)7-11(3)16-14/h4-7,17H,8H2,1-3H3. The van der Waals surface area contributed by atoms with Gasteiger partial charge in [0.2, 0.25) is 0 Å². The average molecular weight is 260 g/mol. The van der Waals surface area contributed by atoms with E-state index < -0.39 is 0 Å². The lowest BCUT2D eigenvalue weighted by molar-refractivity contribution is 0.281. The van der Waals surface area contributed by atoms with Gasteiger partial charge in [0.05, 0.1) is 6.61 Å². The summed E-state index contributed by atoms with van der Waals surface area (Å²) < 4.78 is 0. The van der Waals surface area contributed by atoms with Gasteiger partial charge in [0.25, 0.3) is 0 Å². The second-order valence-corrected chi connectivity index (χ2v) is 5.30. The van der Waals surface area contributed by atoms with Gasteiger partial charge < -0.3 is 5.11 Å². The molecule has 0 bridgehead atoms. The van der Waals surface area contributed by atoms with Crippen LogP contribution in [0.15, 0.2) is 34.3 Å². The average Bonchev–Trinajstić information content (AvgIpc) is 2.30. The second-order valence-electron chi connectivity index (χ2n) is 4.29. The maximum atomic E-state index is 9.08. The topological polar surface area (TPSA) is 46.0 Å². The molecule has 0 aliphatic rings. The molecule has 1 aromatic carbocycles. The number of aliphatic hydroxyl groups is 1. The van der Waals surface area contributed by atoms with Gasteiger partial charge in [-0.05, 0) is 55.8 Å². The van der Waals surface area contributed by atoms with Crippen LogP contribution in [0.2, 0.25) is 0 Å². The number of nitrogens with zero attached hydrogens (tertiary/aromatic N) is 2. The van der Waals surface area contributed by atoms with Gasteiger partial charge in [-0.3, -0.25) is 0 Å². The van der Waals surface area contributed by atoms with Crippen LogP contribution < -0.4 is 0 Å². The van der Waals surface area contributed by atoms with Crippen molar-refractivity contribution in [1.82, 2.24) is 9.97 Å². The highest BCUT2D eigenvalue weighted by Crippen LogP contribution is 2.28. The smallest absolute Gasteiger partial charge is 0.192 e. The van der Waals surface area contributed by atoms with Crippen LogP contribution in [-0.2, 0) is 6.61 Å². The van der Waals surface area contributed by atoms with Crippen molar-refractivity contribution in [3.63, 3.8) is 0 Å². The molecule has 0 radical (unpaired) electrons. The van der Waals surface area contributed by atoms with Crippen LogP contribution in [-0.4, -0.2) is 15.1 Å². The minimum atomic E-state index is 0.0752. The van der Waals surface area contributed by atoms with E-state index in [9.17, 15) is 0 Å². The maximum Gasteiger partial charge on any atom is 0.192 e. The fourth-order valence-corrected chi connectivity index (χ4v) is 2.69. The van der Waals surface area contributed by atoms with Crippen molar-refractivity contribution in [3.8, 4) is 0 Å². The molecule has 94 valence electrons. The molecule has 0 saturated carbocycles. The zero-order chi connectivity index (χ0) is 13.1. The lowest BCUT2D eigenvalue weighted by atomic mass is 10.1. The first-order chi connectivity index (χ1) is 8.58. The first-order valence-electron chi connectivity index (χ1n) is 5.79.